The summed E-state index contributed by atoms with van der Waals surface area (Å²) in [5.74, 6) is 0. The second-order valence-corrected chi connectivity index (χ2v) is 6.14. The van der Waals surface area contributed by atoms with Crippen LogP contribution >= 0.6 is 11.8 Å². The van der Waals surface area contributed by atoms with E-state index in [4.69, 9.17) is 0 Å². The van der Waals surface area contributed by atoms with Gasteiger partial charge in [-0.2, -0.15) is 0 Å². The Bertz CT molecular complexity index is 563. The quantitative estimate of drug-likeness (QED) is 0.667. The second-order valence-electron chi connectivity index (χ2n) is 5.01. The molecular formula is C18H20S. The molecule has 0 amide bonds. The molecule has 98 valence electrons. The van der Waals surface area contributed by atoms with Crippen LogP contribution in [0.25, 0.3) is 0 Å². The molecule has 0 fully saturated rings. The second kappa shape index (κ2) is 6.12. The zero-order valence-corrected chi connectivity index (χ0v) is 12.7. The lowest BCUT2D eigenvalue weighted by Gasteiger charge is -2.13. The van der Waals surface area contributed by atoms with E-state index in [1.165, 1.54) is 26.5 Å². The molecular weight excluding hydrogens is 248 g/mol. The molecule has 0 heterocycles. The first kappa shape index (κ1) is 14.0. The highest BCUT2D eigenvalue weighted by Gasteiger charge is 2.08. The minimum Gasteiger partial charge on any atom is -0.0936 e. The SMILES string of the molecule is C=C1C=C(Sc2c(C)cc(C)cc2C)C/C=C\C=C/1. The van der Waals surface area contributed by atoms with Crippen LogP contribution in [0.1, 0.15) is 23.1 Å². The van der Waals surface area contributed by atoms with E-state index in [0.717, 1.165) is 12.0 Å². The third-order valence-electron chi connectivity index (χ3n) is 3.06. The number of benzene rings is 1. The van der Waals surface area contributed by atoms with Crippen molar-refractivity contribution in [1.29, 1.82) is 0 Å². The van der Waals surface area contributed by atoms with Gasteiger partial charge in [0.25, 0.3) is 0 Å². The molecule has 0 N–H and O–H groups in total. The molecule has 0 nitrogen and oxygen atoms in total. The number of rotatable bonds is 2. The lowest BCUT2D eigenvalue weighted by Crippen LogP contribution is -1.89. The van der Waals surface area contributed by atoms with Crippen LogP contribution in [0.2, 0.25) is 0 Å². The third-order valence-corrected chi connectivity index (χ3v) is 4.46. The van der Waals surface area contributed by atoms with Gasteiger partial charge in [0.15, 0.2) is 0 Å². The fourth-order valence-corrected chi connectivity index (χ4v) is 3.38. The molecule has 0 unspecified atom stereocenters. The van der Waals surface area contributed by atoms with Gasteiger partial charge in [-0.05, 0) is 54.9 Å². The van der Waals surface area contributed by atoms with Gasteiger partial charge in [0.1, 0.15) is 0 Å². The van der Waals surface area contributed by atoms with Crippen LogP contribution in [0, 0.1) is 20.8 Å². The molecule has 0 bridgehead atoms. The Hall–Kier alpha value is -1.47. The van der Waals surface area contributed by atoms with E-state index in [0.29, 0.717) is 0 Å². The van der Waals surface area contributed by atoms with Gasteiger partial charge in [-0.15, -0.1) is 0 Å². The van der Waals surface area contributed by atoms with E-state index in [9.17, 15) is 0 Å². The van der Waals surface area contributed by atoms with Gasteiger partial charge < -0.3 is 0 Å². The van der Waals surface area contributed by atoms with Crippen molar-refractivity contribution in [3.63, 3.8) is 0 Å². The van der Waals surface area contributed by atoms with Gasteiger partial charge in [-0.3, -0.25) is 0 Å². The number of allylic oxidation sites excluding steroid dienone is 7. The highest BCUT2D eigenvalue weighted by Crippen LogP contribution is 2.35. The summed E-state index contributed by atoms with van der Waals surface area (Å²) in [6.45, 7) is 10.6. The van der Waals surface area contributed by atoms with E-state index in [1.807, 2.05) is 23.9 Å². The summed E-state index contributed by atoms with van der Waals surface area (Å²) in [4.78, 5) is 2.73. The van der Waals surface area contributed by atoms with Crippen molar-refractivity contribution in [2.45, 2.75) is 32.1 Å². The highest BCUT2D eigenvalue weighted by molar-refractivity contribution is 8.03. The van der Waals surface area contributed by atoms with Crippen molar-refractivity contribution < 1.29 is 0 Å². The summed E-state index contributed by atoms with van der Waals surface area (Å²) < 4.78 is 0. The Labute approximate surface area is 120 Å². The maximum atomic E-state index is 4.06. The van der Waals surface area contributed by atoms with Crippen LogP contribution in [0.15, 0.2) is 64.5 Å². The molecule has 0 saturated heterocycles. The monoisotopic (exact) mass is 268 g/mol. The lowest BCUT2D eigenvalue weighted by atomic mass is 10.1. The van der Waals surface area contributed by atoms with Crippen LogP contribution in [0.5, 0.6) is 0 Å². The van der Waals surface area contributed by atoms with Gasteiger partial charge >= 0.3 is 0 Å². The smallest absolute Gasteiger partial charge is 0.0177 e. The number of hydrogen-bond acceptors (Lipinski definition) is 1. The molecule has 0 aromatic heterocycles. The standard InChI is InChI=1S/C18H20S/c1-13-8-6-5-7-9-17(12-13)19-18-15(3)10-14(2)11-16(18)4/h5-8,10-12H,1,9H2,2-4H3/b7-5-,8-6-,17-12?. The summed E-state index contributed by atoms with van der Waals surface area (Å²) in [5.41, 5.74) is 5.11. The largest absolute Gasteiger partial charge is 0.0936 e. The van der Waals surface area contributed by atoms with Crippen molar-refractivity contribution in [3.05, 3.63) is 76.3 Å². The normalized spacial score (nSPS) is 18.5. The summed E-state index contributed by atoms with van der Waals surface area (Å²) in [6.07, 6.45) is 11.5. The van der Waals surface area contributed by atoms with Crippen LogP contribution in [-0.4, -0.2) is 0 Å². The minimum absolute atomic E-state index is 0.973. The fourth-order valence-electron chi connectivity index (χ4n) is 2.29. The van der Waals surface area contributed by atoms with Crippen molar-refractivity contribution in [1.82, 2.24) is 0 Å². The van der Waals surface area contributed by atoms with E-state index < -0.39 is 0 Å². The van der Waals surface area contributed by atoms with Crippen LogP contribution in [-0.2, 0) is 0 Å². The molecule has 0 spiro atoms. The summed E-state index contributed by atoms with van der Waals surface area (Å²) in [5, 5.41) is 0. The Morgan fingerprint density at radius 2 is 1.74 bits per heavy atom. The molecule has 1 aliphatic rings. The van der Waals surface area contributed by atoms with Crippen LogP contribution < -0.4 is 0 Å². The van der Waals surface area contributed by atoms with E-state index in [2.05, 4.69) is 57.7 Å². The Kier molecular flexibility index (Phi) is 4.49. The zero-order valence-electron chi connectivity index (χ0n) is 11.9. The molecule has 1 aromatic carbocycles. The first-order valence-electron chi connectivity index (χ1n) is 6.54. The third kappa shape index (κ3) is 3.74. The molecule has 2 rings (SSSR count). The van der Waals surface area contributed by atoms with Gasteiger partial charge in [-0.25, -0.2) is 0 Å². The Balaban J connectivity index is 2.30. The lowest BCUT2D eigenvalue weighted by molar-refractivity contribution is 1.19. The number of aryl methyl sites for hydroxylation is 3. The predicted molar refractivity (Wildman–Crippen MR) is 86.6 cm³/mol. The average Bonchev–Trinajstić information content (AvgIpc) is 2.29. The summed E-state index contributed by atoms with van der Waals surface area (Å²) >= 11 is 1.87. The molecule has 0 saturated carbocycles. The molecule has 0 aliphatic heterocycles. The Morgan fingerprint density at radius 3 is 2.42 bits per heavy atom. The minimum atomic E-state index is 0.973. The number of hydrogen-bond donors (Lipinski definition) is 0. The predicted octanol–water partition coefficient (Wildman–Crippen LogP) is 5.66. The van der Waals surface area contributed by atoms with Gasteiger partial charge in [0.2, 0.25) is 0 Å². The van der Waals surface area contributed by atoms with Gasteiger partial charge in [-0.1, -0.05) is 60.3 Å². The molecule has 0 radical (unpaired) electrons. The fraction of sp³-hybridized carbons (Fsp3) is 0.222. The summed E-state index contributed by atoms with van der Waals surface area (Å²) in [6, 6.07) is 4.51. The van der Waals surface area contributed by atoms with E-state index in [-0.39, 0.29) is 0 Å². The first-order valence-corrected chi connectivity index (χ1v) is 7.36. The first-order chi connectivity index (χ1) is 9.06. The Morgan fingerprint density at radius 1 is 1.05 bits per heavy atom. The molecule has 0 atom stereocenters. The molecule has 1 aromatic rings. The van der Waals surface area contributed by atoms with Crippen molar-refractivity contribution in [2.24, 2.45) is 0 Å². The van der Waals surface area contributed by atoms with Crippen molar-refractivity contribution in [3.8, 4) is 0 Å². The molecule has 19 heavy (non-hydrogen) atoms. The topological polar surface area (TPSA) is 0 Å². The van der Waals surface area contributed by atoms with Gasteiger partial charge in [0.05, 0.1) is 0 Å². The number of thioether (sulfide) groups is 1. The maximum absolute atomic E-state index is 4.06. The molecule has 1 heteroatoms. The van der Waals surface area contributed by atoms with Crippen LogP contribution in [0.4, 0.5) is 0 Å². The maximum Gasteiger partial charge on any atom is 0.0177 e. The molecule has 1 aliphatic carbocycles. The van der Waals surface area contributed by atoms with Crippen molar-refractivity contribution in [2.75, 3.05) is 0 Å². The average molecular weight is 268 g/mol. The van der Waals surface area contributed by atoms with Gasteiger partial charge in [0, 0.05) is 4.90 Å². The highest BCUT2D eigenvalue weighted by atomic mass is 32.2. The van der Waals surface area contributed by atoms with E-state index in [1.54, 1.807) is 0 Å². The van der Waals surface area contributed by atoms with Crippen molar-refractivity contribution >= 4 is 11.8 Å². The van der Waals surface area contributed by atoms with E-state index >= 15 is 0 Å². The zero-order chi connectivity index (χ0) is 13.8. The van der Waals surface area contributed by atoms with Crippen LogP contribution in [0.3, 0.4) is 0 Å². The summed E-state index contributed by atoms with van der Waals surface area (Å²) in [7, 11) is 0.